The Labute approximate surface area is 178 Å². The number of carboxylic acid groups (broad SMARTS) is 1. The quantitative estimate of drug-likeness (QED) is 0.658. The van der Waals surface area contributed by atoms with Gasteiger partial charge >= 0.3 is 5.97 Å². The van der Waals surface area contributed by atoms with Crippen molar-refractivity contribution in [3.05, 3.63) is 96.1 Å². The van der Waals surface area contributed by atoms with Gasteiger partial charge in [0.05, 0.1) is 23.0 Å². The fourth-order valence-electron chi connectivity index (χ4n) is 4.21. The van der Waals surface area contributed by atoms with Gasteiger partial charge in [-0.05, 0) is 42.0 Å². The molecule has 0 aliphatic carbocycles. The van der Waals surface area contributed by atoms with Crippen LogP contribution in [0.15, 0.2) is 84.9 Å². The number of hydroxylamine groups is 1. The van der Waals surface area contributed by atoms with Crippen LogP contribution in [0.25, 0.3) is 0 Å². The third-order valence-corrected chi connectivity index (χ3v) is 5.64. The van der Waals surface area contributed by atoms with Crippen molar-refractivity contribution in [1.82, 2.24) is 0 Å². The minimum atomic E-state index is -1.08. The average Bonchev–Trinajstić information content (AvgIpc) is 3.31. The van der Waals surface area contributed by atoms with Crippen molar-refractivity contribution < 1.29 is 24.3 Å². The number of aromatic carboxylic acids is 1. The summed E-state index contributed by atoms with van der Waals surface area (Å²) in [6.07, 6.45) is -0.961. The van der Waals surface area contributed by atoms with Gasteiger partial charge in [-0.3, -0.25) is 14.4 Å². The highest BCUT2D eigenvalue weighted by atomic mass is 16.7. The first kappa shape index (κ1) is 19.0. The zero-order chi connectivity index (χ0) is 21.5. The Morgan fingerprint density at radius 2 is 1.39 bits per heavy atom. The van der Waals surface area contributed by atoms with Gasteiger partial charge < -0.3 is 5.11 Å². The number of amides is 2. The van der Waals surface area contributed by atoms with E-state index < -0.39 is 29.9 Å². The van der Waals surface area contributed by atoms with Gasteiger partial charge in [-0.25, -0.2) is 14.8 Å². The Kier molecular flexibility index (Phi) is 4.52. The van der Waals surface area contributed by atoms with Crippen LogP contribution in [0.1, 0.15) is 22.0 Å². The number of benzene rings is 3. The monoisotopic (exact) mass is 414 g/mol. The molecule has 7 heteroatoms. The minimum Gasteiger partial charge on any atom is -0.478 e. The number of anilines is 2. The van der Waals surface area contributed by atoms with E-state index in [1.807, 2.05) is 60.7 Å². The summed E-state index contributed by atoms with van der Waals surface area (Å²) in [4.78, 5) is 44.9. The second-order valence-electron chi connectivity index (χ2n) is 7.43. The van der Waals surface area contributed by atoms with E-state index in [2.05, 4.69) is 0 Å². The van der Waals surface area contributed by atoms with Gasteiger partial charge in [0.15, 0.2) is 6.10 Å². The molecule has 0 radical (unpaired) electrons. The van der Waals surface area contributed by atoms with Gasteiger partial charge in [0.25, 0.3) is 5.91 Å². The van der Waals surface area contributed by atoms with E-state index in [9.17, 15) is 14.4 Å². The summed E-state index contributed by atoms with van der Waals surface area (Å²) < 4.78 is 0. The van der Waals surface area contributed by atoms with Crippen LogP contribution < -0.4 is 9.96 Å². The molecule has 154 valence electrons. The molecule has 3 aromatic rings. The predicted molar refractivity (Wildman–Crippen MR) is 112 cm³/mol. The van der Waals surface area contributed by atoms with Crippen molar-refractivity contribution in [2.75, 3.05) is 9.96 Å². The number of hydrogen-bond donors (Lipinski definition) is 1. The first-order chi connectivity index (χ1) is 15.1. The van der Waals surface area contributed by atoms with Crippen LogP contribution in [-0.2, 0) is 14.4 Å². The predicted octanol–water partition coefficient (Wildman–Crippen LogP) is 3.44. The second-order valence-corrected chi connectivity index (χ2v) is 7.43. The van der Waals surface area contributed by atoms with Crippen molar-refractivity contribution in [3.8, 4) is 0 Å². The molecule has 0 aromatic heterocycles. The largest absolute Gasteiger partial charge is 0.478 e. The molecule has 2 saturated heterocycles. The lowest BCUT2D eigenvalue weighted by atomic mass is 9.90. The topological polar surface area (TPSA) is 87.2 Å². The molecular formula is C24H18N2O5. The van der Waals surface area contributed by atoms with Crippen molar-refractivity contribution in [1.29, 1.82) is 0 Å². The Balaban J connectivity index is 1.54. The van der Waals surface area contributed by atoms with Crippen LogP contribution in [0.4, 0.5) is 11.4 Å². The Morgan fingerprint density at radius 3 is 2.00 bits per heavy atom. The zero-order valence-corrected chi connectivity index (χ0v) is 16.3. The lowest BCUT2D eigenvalue weighted by molar-refractivity contribution is -0.126. The number of nitrogens with zero attached hydrogens (tertiary/aromatic N) is 2. The number of imide groups is 1. The van der Waals surface area contributed by atoms with Crippen LogP contribution >= 0.6 is 0 Å². The lowest BCUT2D eigenvalue weighted by Gasteiger charge is -2.28. The van der Waals surface area contributed by atoms with Gasteiger partial charge in [0.2, 0.25) is 5.91 Å². The fraction of sp³-hybridized carbons (Fsp3) is 0.125. The fourth-order valence-corrected chi connectivity index (χ4v) is 4.21. The highest BCUT2D eigenvalue weighted by Gasteiger charge is 2.60. The van der Waals surface area contributed by atoms with Crippen LogP contribution in [0.2, 0.25) is 0 Å². The SMILES string of the molecule is O=C(O)c1ccc(N2C(=O)[C@H]3[C@H](ON(c4ccccc4)[C@H]3c3ccccc3)C2=O)cc1. The molecule has 31 heavy (non-hydrogen) atoms. The van der Waals surface area contributed by atoms with Gasteiger partial charge in [0, 0.05) is 0 Å². The number of para-hydroxylation sites is 1. The summed E-state index contributed by atoms with van der Waals surface area (Å²) in [7, 11) is 0. The number of carboxylic acids is 1. The summed E-state index contributed by atoms with van der Waals surface area (Å²) in [5.41, 5.74) is 2.03. The van der Waals surface area contributed by atoms with Crippen molar-refractivity contribution in [2.45, 2.75) is 12.1 Å². The summed E-state index contributed by atoms with van der Waals surface area (Å²) in [5.74, 6) is -2.63. The van der Waals surface area contributed by atoms with E-state index in [-0.39, 0.29) is 11.5 Å². The van der Waals surface area contributed by atoms with Crippen LogP contribution in [0.5, 0.6) is 0 Å². The van der Waals surface area contributed by atoms with Gasteiger partial charge in [-0.15, -0.1) is 0 Å². The molecule has 5 rings (SSSR count). The normalized spacial score (nSPS) is 22.6. The zero-order valence-electron chi connectivity index (χ0n) is 16.3. The molecule has 2 aliphatic heterocycles. The molecule has 0 saturated carbocycles. The molecule has 2 amide bonds. The number of hydrogen-bond acceptors (Lipinski definition) is 5. The smallest absolute Gasteiger partial charge is 0.335 e. The number of rotatable bonds is 4. The van der Waals surface area contributed by atoms with E-state index in [1.165, 1.54) is 24.3 Å². The molecule has 3 atom stereocenters. The minimum absolute atomic E-state index is 0.0803. The molecule has 2 fully saturated rings. The van der Waals surface area contributed by atoms with Crippen molar-refractivity contribution in [2.24, 2.45) is 5.92 Å². The van der Waals surface area contributed by atoms with Crippen molar-refractivity contribution >= 4 is 29.2 Å². The maximum atomic E-state index is 13.5. The summed E-state index contributed by atoms with van der Waals surface area (Å²) in [6, 6.07) is 24.0. The number of fused-ring (bicyclic) bond motifs is 1. The summed E-state index contributed by atoms with van der Waals surface area (Å²) >= 11 is 0. The third-order valence-electron chi connectivity index (χ3n) is 5.64. The highest BCUT2D eigenvalue weighted by Crippen LogP contribution is 2.47. The molecule has 2 aliphatic rings. The Hall–Kier alpha value is -3.97. The highest BCUT2D eigenvalue weighted by molar-refractivity contribution is 6.24. The number of carbonyl (C=O) groups is 3. The van der Waals surface area contributed by atoms with E-state index in [1.54, 1.807) is 5.06 Å². The average molecular weight is 414 g/mol. The Bertz CT molecular complexity index is 1150. The summed E-state index contributed by atoms with van der Waals surface area (Å²) in [5, 5.41) is 10.7. The standard InChI is InChI=1S/C24H18N2O5/c27-22-19-20(15-7-3-1-4-8-15)26(18-9-5-2-6-10-18)31-21(19)23(28)25(22)17-13-11-16(12-14-17)24(29)30/h1-14,19-21H,(H,29,30)/t19-,20+,21+/m1/s1. The molecule has 0 unspecified atom stereocenters. The molecule has 0 spiro atoms. The van der Waals surface area contributed by atoms with Gasteiger partial charge in [0.1, 0.15) is 5.92 Å². The van der Waals surface area contributed by atoms with E-state index in [4.69, 9.17) is 9.94 Å². The van der Waals surface area contributed by atoms with E-state index in [0.717, 1.165) is 16.2 Å². The maximum absolute atomic E-state index is 13.5. The molecule has 3 aromatic carbocycles. The third kappa shape index (κ3) is 3.06. The molecule has 0 bridgehead atoms. The molecule has 2 heterocycles. The number of carbonyl (C=O) groups excluding carboxylic acids is 2. The molecule has 7 nitrogen and oxygen atoms in total. The Morgan fingerprint density at radius 1 is 0.774 bits per heavy atom. The lowest BCUT2D eigenvalue weighted by Crippen LogP contribution is -2.37. The molecule has 1 N–H and O–H groups in total. The van der Waals surface area contributed by atoms with Crippen LogP contribution in [0, 0.1) is 5.92 Å². The first-order valence-corrected chi connectivity index (χ1v) is 9.83. The second kappa shape index (κ2) is 7.37. The van der Waals surface area contributed by atoms with Gasteiger partial charge in [-0.1, -0.05) is 48.5 Å². The summed E-state index contributed by atoms with van der Waals surface area (Å²) in [6.45, 7) is 0. The van der Waals surface area contributed by atoms with Crippen LogP contribution in [-0.4, -0.2) is 29.0 Å². The van der Waals surface area contributed by atoms with Crippen molar-refractivity contribution in [3.63, 3.8) is 0 Å². The van der Waals surface area contributed by atoms with E-state index in [0.29, 0.717) is 5.69 Å². The maximum Gasteiger partial charge on any atom is 0.335 e. The van der Waals surface area contributed by atoms with Crippen LogP contribution in [0.3, 0.4) is 0 Å². The first-order valence-electron chi connectivity index (χ1n) is 9.83. The molecular weight excluding hydrogens is 396 g/mol. The van der Waals surface area contributed by atoms with E-state index >= 15 is 0 Å². The van der Waals surface area contributed by atoms with Gasteiger partial charge in [-0.2, -0.15) is 0 Å².